The summed E-state index contributed by atoms with van der Waals surface area (Å²) < 4.78 is 35.6. The van der Waals surface area contributed by atoms with E-state index in [1.54, 1.807) is 13.8 Å². The van der Waals surface area contributed by atoms with Crippen LogP contribution in [0, 0.1) is 29.6 Å². The fourth-order valence-electron chi connectivity index (χ4n) is 10.2. The Balaban J connectivity index is 1.52. The van der Waals surface area contributed by atoms with Crippen LogP contribution >= 0.6 is 0 Å². The van der Waals surface area contributed by atoms with E-state index in [4.69, 9.17) is 33.4 Å². The Morgan fingerprint density at radius 2 is 1.71 bits per heavy atom. The number of Topliss-reactive ketones (excluding diaryl/α,β-unsaturated/α-hetero) is 2. The van der Waals surface area contributed by atoms with Crippen LogP contribution in [0.4, 0.5) is 0 Å². The predicted octanol–water partition coefficient (Wildman–Crippen LogP) is 5.61. The molecular weight excluding hydrogens is 813 g/mol. The van der Waals surface area contributed by atoms with Gasteiger partial charge in [0.05, 0.1) is 31.0 Å². The molecule has 2 N–H and O–H groups in total. The number of aliphatic hydroxyl groups excluding tert-OH is 1. The molecule has 1 aliphatic carbocycles. The highest BCUT2D eigenvalue weighted by Gasteiger charge is 2.59. The third-order valence-electron chi connectivity index (χ3n) is 14.1. The number of aliphatic hydroxyl groups is 2. The van der Waals surface area contributed by atoms with E-state index >= 15 is 4.79 Å². The molecule has 63 heavy (non-hydrogen) atoms. The zero-order chi connectivity index (χ0) is 46.1. The number of hydrogen-bond donors (Lipinski definition) is 2. The minimum atomic E-state index is -2.57. The third kappa shape index (κ3) is 12.1. The number of ether oxygens (including phenoxy) is 6. The molecule has 15 nitrogen and oxygen atoms in total. The minimum absolute atomic E-state index is 0.00219. The van der Waals surface area contributed by atoms with Gasteiger partial charge in [-0.05, 0) is 102 Å². The van der Waals surface area contributed by atoms with Crippen molar-refractivity contribution in [1.29, 1.82) is 0 Å². The molecule has 1 amide bonds. The standard InChI is InChI=1S/C48H74N2O13/c1-9-10-21-60-41(53)28-61-36-15-13-34(14-16-36)25-31(4)42-33(6)37(51)27-38(52)35-17-19-49-47(46(56)62-42)18-11-12-20-50(47)45(55)44(54)48(57)32(5)26-40(59-8)43(63-48)39(58-7)24-30(3)22-29(2)23-35/h19,23,25,30,32-37,39-40,42-43,51,57H,9-18,20-22,24,26-28H2,1-8H3/b29-23+,31-25+,49-19-/t30-,32+,33+,34?,35+,36?,37-,39-,40-,42+,43+,47-,48+/m0/s1. The molecule has 1 spiro atoms. The number of carbonyl (C=O) groups is 5. The van der Waals surface area contributed by atoms with Crippen LogP contribution in [-0.4, -0.2) is 133 Å². The molecule has 0 radical (unpaired) electrons. The van der Waals surface area contributed by atoms with E-state index in [0.29, 0.717) is 50.7 Å². The average Bonchev–Trinajstić information content (AvgIpc) is 3.26. The molecule has 1 saturated carbocycles. The summed E-state index contributed by atoms with van der Waals surface area (Å²) in [6.07, 6.45) is 7.67. The molecule has 2 saturated heterocycles. The van der Waals surface area contributed by atoms with Gasteiger partial charge in [0.15, 0.2) is 0 Å². The van der Waals surface area contributed by atoms with Crippen molar-refractivity contribution < 1.29 is 62.6 Å². The first-order valence-corrected chi connectivity index (χ1v) is 23.4. The van der Waals surface area contributed by atoms with Gasteiger partial charge in [-0.3, -0.25) is 19.4 Å². The molecule has 5 rings (SSSR count). The number of piperidine rings is 1. The van der Waals surface area contributed by atoms with Crippen molar-refractivity contribution in [2.75, 3.05) is 34.0 Å². The lowest BCUT2D eigenvalue weighted by atomic mass is 9.82. The maximum atomic E-state index is 15.0. The fraction of sp³-hybridized carbons (Fsp3) is 0.792. The predicted molar refractivity (Wildman–Crippen MR) is 233 cm³/mol. The summed E-state index contributed by atoms with van der Waals surface area (Å²) in [5.41, 5.74) is -0.423. The van der Waals surface area contributed by atoms with Gasteiger partial charge in [-0.25, -0.2) is 9.59 Å². The number of cyclic esters (lactones) is 1. The Labute approximate surface area is 373 Å². The number of allylic oxidation sites excluding steroid dienone is 3. The summed E-state index contributed by atoms with van der Waals surface area (Å²) >= 11 is 0. The van der Waals surface area contributed by atoms with Crippen LogP contribution in [0.15, 0.2) is 28.3 Å². The average molecular weight is 887 g/mol. The highest BCUT2D eigenvalue weighted by Crippen LogP contribution is 2.41. The molecular formula is C48H74N2O13. The van der Waals surface area contributed by atoms with Crippen molar-refractivity contribution in [2.45, 2.75) is 180 Å². The molecule has 354 valence electrons. The fourth-order valence-corrected chi connectivity index (χ4v) is 10.2. The topological polar surface area (TPSA) is 197 Å². The molecule has 15 heteroatoms. The highest BCUT2D eigenvalue weighted by molar-refractivity contribution is 6.39. The summed E-state index contributed by atoms with van der Waals surface area (Å²) in [5, 5.41) is 24.0. The summed E-state index contributed by atoms with van der Waals surface area (Å²) in [4.78, 5) is 76.6. The largest absolute Gasteiger partial charge is 0.464 e. The Kier molecular flexibility index (Phi) is 18.3. The first-order chi connectivity index (χ1) is 30.0. The van der Waals surface area contributed by atoms with Crippen molar-refractivity contribution in [3.63, 3.8) is 0 Å². The number of esters is 2. The van der Waals surface area contributed by atoms with E-state index < -0.39 is 77.4 Å². The van der Waals surface area contributed by atoms with Crippen LogP contribution < -0.4 is 0 Å². The molecule has 3 fully saturated rings. The van der Waals surface area contributed by atoms with Crippen LogP contribution in [0.3, 0.4) is 0 Å². The van der Waals surface area contributed by atoms with E-state index in [-0.39, 0.29) is 68.5 Å². The smallest absolute Gasteiger partial charge is 0.355 e. The summed E-state index contributed by atoms with van der Waals surface area (Å²) in [7, 11) is 3.05. The van der Waals surface area contributed by atoms with Gasteiger partial charge in [-0.2, -0.15) is 0 Å². The van der Waals surface area contributed by atoms with Gasteiger partial charge in [0.2, 0.25) is 11.4 Å². The number of nitrogens with zero attached hydrogens (tertiary/aromatic N) is 2. The van der Waals surface area contributed by atoms with Crippen LogP contribution in [0.1, 0.15) is 131 Å². The number of ketones is 2. The Morgan fingerprint density at radius 3 is 2.40 bits per heavy atom. The van der Waals surface area contributed by atoms with Gasteiger partial charge in [-0.1, -0.05) is 51.8 Å². The van der Waals surface area contributed by atoms with Crippen LogP contribution in [0.5, 0.6) is 0 Å². The van der Waals surface area contributed by atoms with Crippen LogP contribution in [-0.2, 0) is 52.4 Å². The summed E-state index contributed by atoms with van der Waals surface area (Å²) in [6, 6.07) is 0. The van der Waals surface area contributed by atoms with Crippen molar-refractivity contribution in [3.8, 4) is 0 Å². The number of fused-ring (bicyclic) bond motifs is 4. The minimum Gasteiger partial charge on any atom is -0.464 e. The van der Waals surface area contributed by atoms with E-state index in [1.165, 1.54) is 20.4 Å². The SMILES string of the molecule is CCCCOC(=O)COC1CCC(/C=C(\C)[C@H]2OC(=O)[C@]34CCCCN3C(=O)C(=O)[C@]3(O)O[C@H]([C@@H](OC)C[C@@H](C)C/C(C)=C/[C@@H](C/C=N\4)C(=O)C[C@H](O)[C@H]2C)[C@@H](OC)C[C@H]3C)CC1. The quantitative estimate of drug-likeness (QED) is 0.119. The second-order valence-electron chi connectivity index (χ2n) is 19.0. The first kappa shape index (κ1) is 50.7. The van der Waals surface area contributed by atoms with Crippen molar-refractivity contribution in [2.24, 2.45) is 34.6 Å². The Morgan fingerprint density at radius 1 is 1.02 bits per heavy atom. The zero-order valence-electron chi connectivity index (χ0n) is 38.9. The number of amides is 1. The molecule has 11 atom stereocenters. The molecule has 5 aliphatic rings. The Bertz CT molecular complexity index is 1710. The first-order valence-electron chi connectivity index (χ1n) is 23.4. The maximum absolute atomic E-state index is 15.0. The molecule has 0 unspecified atom stereocenters. The number of methoxy groups -OCH3 is 2. The van der Waals surface area contributed by atoms with Crippen molar-refractivity contribution in [1.82, 2.24) is 4.90 Å². The molecule has 4 bridgehead atoms. The van der Waals surface area contributed by atoms with Gasteiger partial charge < -0.3 is 43.5 Å². The number of hydrogen-bond acceptors (Lipinski definition) is 14. The van der Waals surface area contributed by atoms with Gasteiger partial charge in [0, 0.05) is 57.6 Å². The second-order valence-corrected chi connectivity index (χ2v) is 19.0. The van der Waals surface area contributed by atoms with E-state index in [2.05, 4.69) is 0 Å². The van der Waals surface area contributed by atoms with E-state index in [9.17, 15) is 29.4 Å². The zero-order valence-corrected chi connectivity index (χ0v) is 38.9. The van der Waals surface area contributed by atoms with Crippen LogP contribution in [0.2, 0.25) is 0 Å². The van der Waals surface area contributed by atoms with E-state index in [0.717, 1.165) is 36.2 Å². The molecule has 0 aromatic heterocycles. The third-order valence-corrected chi connectivity index (χ3v) is 14.1. The Hall–Kier alpha value is -3.34. The molecule has 0 aromatic carbocycles. The van der Waals surface area contributed by atoms with Crippen molar-refractivity contribution in [3.05, 3.63) is 23.3 Å². The second kappa shape index (κ2) is 22.7. The number of rotatable bonds is 10. The summed E-state index contributed by atoms with van der Waals surface area (Å²) in [5.74, 6) is -8.65. The van der Waals surface area contributed by atoms with Gasteiger partial charge in [0.1, 0.15) is 24.6 Å². The van der Waals surface area contributed by atoms with Crippen molar-refractivity contribution >= 4 is 35.6 Å². The van der Waals surface area contributed by atoms with Gasteiger partial charge in [-0.15, -0.1) is 0 Å². The number of aliphatic imine (C=N–C) groups is 1. The van der Waals surface area contributed by atoms with Gasteiger partial charge >= 0.3 is 11.9 Å². The van der Waals surface area contributed by atoms with E-state index in [1.807, 2.05) is 39.8 Å². The highest BCUT2D eigenvalue weighted by atomic mass is 16.7. The number of carbonyl (C=O) groups excluding carboxylic acids is 5. The lowest BCUT2D eigenvalue weighted by Crippen LogP contribution is -2.67. The number of unbranched alkanes of at least 4 members (excludes halogenated alkanes) is 1. The van der Waals surface area contributed by atoms with Gasteiger partial charge in [0.25, 0.3) is 11.7 Å². The maximum Gasteiger partial charge on any atom is 0.355 e. The molecule has 0 aromatic rings. The molecule has 4 heterocycles. The lowest BCUT2D eigenvalue weighted by Gasteiger charge is -2.48. The lowest BCUT2D eigenvalue weighted by molar-refractivity contribution is -0.302. The molecule has 4 aliphatic heterocycles. The van der Waals surface area contributed by atoms with Crippen LogP contribution in [0.25, 0.3) is 0 Å². The summed E-state index contributed by atoms with van der Waals surface area (Å²) in [6.45, 7) is 11.5. The monoisotopic (exact) mass is 887 g/mol. The normalized spacial score (nSPS) is 39.3.